The summed E-state index contributed by atoms with van der Waals surface area (Å²) in [5.74, 6) is 0. The lowest BCUT2D eigenvalue weighted by Gasteiger charge is -2.10. The Hall–Kier alpha value is -2.55. The number of nitrogens with zero attached hydrogens (tertiary/aromatic N) is 2. The van der Waals surface area contributed by atoms with Crippen LogP contribution < -0.4 is 5.73 Å². The summed E-state index contributed by atoms with van der Waals surface area (Å²) in [6.45, 7) is 0. The summed E-state index contributed by atoms with van der Waals surface area (Å²) in [7, 11) is 0. The molecule has 0 spiro atoms. The Morgan fingerprint density at radius 1 is 1.20 bits per heavy atom. The van der Waals surface area contributed by atoms with E-state index in [1.165, 1.54) is 18.2 Å². The summed E-state index contributed by atoms with van der Waals surface area (Å²) in [5.41, 5.74) is 6.25. The molecule has 2 rings (SSSR count). The van der Waals surface area contributed by atoms with Gasteiger partial charge in [0.2, 0.25) is 0 Å². The number of rotatable bonds is 2. The summed E-state index contributed by atoms with van der Waals surface area (Å²) >= 11 is 0. The van der Waals surface area contributed by atoms with E-state index in [0.29, 0.717) is 5.69 Å². The SMILES string of the molecule is N#CCc1ccc(N)c(-c2cccc(C(F)(F)F)c2)n1. The lowest BCUT2D eigenvalue weighted by Crippen LogP contribution is -2.05. The Bertz CT molecular complexity index is 672. The predicted octanol–water partition coefficient (Wildman–Crippen LogP) is 3.42. The highest BCUT2D eigenvalue weighted by atomic mass is 19.4. The summed E-state index contributed by atoms with van der Waals surface area (Å²) in [5, 5.41) is 8.63. The maximum Gasteiger partial charge on any atom is 0.416 e. The summed E-state index contributed by atoms with van der Waals surface area (Å²) in [6, 6.07) is 9.84. The van der Waals surface area contributed by atoms with E-state index in [9.17, 15) is 13.2 Å². The first-order valence-corrected chi connectivity index (χ1v) is 5.72. The molecule has 1 heterocycles. The van der Waals surface area contributed by atoms with E-state index in [4.69, 9.17) is 11.0 Å². The van der Waals surface area contributed by atoms with Crippen molar-refractivity contribution in [3.8, 4) is 17.3 Å². The fourth-order valence-corrected chi connectivity index (χ4v) is 1.76. The molecule has 6 heteroatoms. The molecule has 0 aliphatic rings. The van der Waals surface area contributed by atoms with Crippen molar-refractivity contribution < 1.29 is 13.2 Å². The first-order chi connectivity index (χ1) is 9.41. The zero-order chi connectivity index (χ0) is 14.8. The number of nitrogens with two attached hydrogens (primary N) is 1. The molecule has 0 fully saturated rings. The van der Waals surface area contributed by atoms with Crippen LogP contribution in [0.5, 0.6) is 0 Å². The zero-order valence-electron chi connectivity index (χ0n) is 10.3. The van der Waals surface area contributed by atoms with Gasteiger partial charge < -0.3 is 5.73 Å². The minimum Gasteiger partial charge on any atom is -0.397 e. The van der Waals surface area contributed by atoms with Gasteiger partial charge in [0, 0.05) is 5.56 Å². The second-order valence-electron chi connectivity index (χ2n) is 4.15. The lowest BCUT2D eigenvalue weighted by molar-refractivity contribution is -0.137. The Labute approximate surface area is 113 Å². The maximum absolute atomic E-state index is 12.7. The molecule has 2 aromatic rings. The van der Waals surface area contributed by atoms with Gasteiger partial charge >= 0.3 is 6.18 Å². The first-order valence-electron chi connectivity index (χ1n) is 5.72. The highest BCUT2D eigenvalue weighted by Gasteiger charge is 2.30. The molecule has 0 bridgehead atoms. The highest BCUT2D eigenvalue weighted by Crippen LogP contribution is 2.33. The van der Waals surface area contributed by atoms with Crippen LogP contribution >= 0.6 is 0 Å². The first kappa shape index (κ1) is 13.9. The van der Waals surface area contributed by atoms with Crippen molar-refractivity contribution in [2.45, 2.75) is 12.6 Å². The average Bonchev–Trinajstić information content (AvgIpc) is 2.40. The molecule has 0 aliphatic heterocycles. The quantitative estimate of drug-likeness (QED) is 0.914. The molecule has 0 unspecified atom stereocenters. The van der Waals surface area contributed by atoms with E-state index in [1.54, 1.807) is 6.07 Å². The fraction of sp³-hybridized carbons (Fsp3) is 0.143. The standard InChI is InChI=1S/C14H10F3N3/c15-14(16,17)10-3-1-2-9(8-10)13-12(19)5-4-11(20-13)6-7-18/h1-5,8H,6,19H2. The van der Waals surface area contributed by atoms with E-state index in [1.807, 2.05) is 6.07 Å². The topological polar surface area (TPSA) is 62.7 Å². The van der Waals surface area contributed by atoms with Crippen LogP contribution in [0.2, 0.25) is 0 Å². The molecule has 3 nitrogen and oxygen atoms in total. The van der Waals surface area contributed by atoms with Crippen LogP contribution in [0.1, 0.15) is 11.3 Å². The van der Waals surface area contributed by atoms with Crippen LogP contribution in [0.4, 0.5) is 18.9 Å². The largest absolute Gasteiger partial charge is 0.416 e. The molecule has 2 N–H and O–H groups in total. The molecule has 102 valence electrons. The van der Waals surface area contributed by atoms with Gasteiger partial charge in [0.15, 0.2) is 0 Å². The fourth-order valence-electron chi connectivity index (χ4n) is 1.76. The van der Waals surface area contributed by atoms with E-state index in [0.717, 1.165) is 12.1 Å². The van der Waals surface area contributed by atoms with Crippen molar-refractivity contribution in [1.82, 2.24) is 4.98 Å². The van der Waals surface area contributed by atoms with Crippen LogP contribution in [0.25, 0.3) is 11.3 Å². The minimum atomic E-state index is -4.42. The second kappa shape index (κ2) is 5.21. The van der Waals surface area contributed by atoms with Gasteiger partial charge in [-0.3, -0.25) is 0 Å². The summed E-state index contributed by atoms with van der Waals surface area (Å²) in [6.07, 6.45) is -4.35. The summed E-state index contributed by atoms with van der Waals surface area (Å²) < 4.78 is 38.1. The van der Waals surface area contributed by atoms with Crippen molar-refractivity contribution in [1.29, 1.82) is 5.26 Å². The molecular formula is C14H10F3N3. The monoisotopic (exact) mass is 277 g/mol. The minimum absolute atomic E-state index is 0.0756. The van der Waals surface area contributed by atoms with Crippen molar-refractivity contribution in [2.24, 2.45) is 0 Å². The van der Waals surface area contributed by atoms with Crippen LogP contribution in [-0.4, -0.2) is 4.98 Å². The molecule has 1 aromatic carbocycles. The molecule has 0 saturated heterocycles. The number of nitrogen functional groups attached to an aromatic ring is 1. The molecule has 1 aromatic heterocycles. The lowest BCUT2D eigenvalue weighted by atomic mass is 10.1. The van der Waals surface area contributed by atoms with Gasteiger partial charge in [0.25, 0.3) is 0 Å². The smallest absolute Gasteiger partial charge is 0.397 e. The van der Waals surface area contributed by atoms with Gasteiger partial charge in [-0.1, -0.05) is 12.1 Å². The van der Waals surface area contributed by atoms with Crippen molar-refractivity contribution in [3.05, 3.63) is 47.7 Å². The van der Waals surface area contributed by atoms with Crippen molar-refractivity contribution >= 4 is 5.69 Å². The Balaban J connectivity index is 2.51. The van der Waals surface area contributed by atoms with Gasteiger partial charge in [-0.05, 0) is 24.3 Å². The van der Waals surface area contributed by atoms with E-state index < -0.39 is 11.7 Å². The molecule has 0 aliphatic carbocycles. The van der Waals surface area contributed by atoms with Crippen molar-refractivity contribution in [3.63, 3.8) is 0 Å². The third-order valence-electron chi connectivity index (χ3n) is 2.71. The zero-order valence-corrected chi connectivity index (χ0v) is 10.3. The highest BCUT2D eigenvalue weighted by molar-refractivity contribution is 5.73. The third-order valence-corrected chi connectivity index (χ3v) is 2.71. The maximum atomic E-state index is 12.7. The Morgan fingerprint density at radius 2 is 1.95 bits per heavy atom. The van der Waals surface area contributed by atoms with Gasteiger partial charge in [0.05, 0.1) is 35.1 Å². The Kier molecular flexibility index (Phi) is 3.61. The van der Waals surface area contributed by atoms with E-state index in [2.05, 4.69) is 4.98 Å². The number of halogens is 3. The van der Waals surface area contributed by atoms with Gasteiger partial charge in [-0.25, -0.2) is 4.98 Å². The predicted molar refractivity (Wildman–Crippen MR) is 68.4 cm³/mol. The van der Waals surface area contributed by atoms with Crippen LogP contribution in [0, 0.1) is 11.3 Å². The normalized spacial score (nSPS) is 11.1. The summed E-state index contributed by atoms with van der Waals surface area (Å²) in [4.78, 5) is 4.14. The number of hydrogen-bond donors (Lipinski definition) is 1. The number of benzene rings is 1. The molecular weight excluding hydrogens is 267 g/mol. The number of alkyl halides is 3. The molecule has 0 atom stereocenters. The molecule has 20 heavy (non-hydrogen) atoms. The van der Waals surface area contributed by atoms with Gasteiger partial charge in [-0.2, -0.15) is 18.4 Å². The number of anilines is 1. The second-order valence-corrected chi connectivity index (χ2v) is 4.15. The third kappa shape index (κ3) is 2.88. The molecule has 0 saturated carbocycles. The average molecular weight is 277 g/mol. The number of aromatic nitrogens is 1. The van der Waals surface area contributed by atoms with Crippen LogP contribution in [-0.2, 0) is 12.6 Å². The number of pyridine rings is 1. The number of nitriles is 1. The van der Waals surface area contributed by atoms with Gasteiger partial charge in [-0.15, -0.1) is 0 Å². The molecule has 0 radical (unpaired) electrons. The van der Waals surface area contributed by atoms with Crippen molar-refractivity contribution in [2.75, 3.05) is 5.73 Å². The van der Waals surface area contributed by atoms with E-state index >= 15 is 0 Å². The molecule has 0 amide bonds. The number of hydrogen-bond acceptors (Lipinski definition) is 3. The van der Waals surface area contributed by atoms with Crippen LogP contribution in [0.3, 0.4) is 0 Å². The van der Waals surface area contributed by atoms with Crippen LogP contribution in [0.15, 0.2) is 36.4 Å². The Morgan fingerprint density at radius 3 is 2.60 bits per heavy atom. The van der Waals surface area contributed by atoms with E-state index in [-0.39, 0.29) is 23.4 Å². The van der Waals surface area contributed by atoms with Gasteiger partial charge in [0.1, 0.15) is 0 Å².